The van der Waals surface area contributed by atoms with Crippen LogP contribution in [0.1, 0.15) is 5.56 Å². The molecule has 25 heavy (non-hydrogen) atoms. The Morgan fingerprint density at radius 1 is 1.00 bits per heavy atom. The Balaban J connectivity index is 1.84. The Labute approximate surface area is 153 Å². The van der Waals surface area contributed by atoms with Crippen LogP contribution in [0, 0.1) is 0 Å². The zero-order valence-corrected chi connectivity index (χ0v) is 14.7. The van der Waals surface area contributed by atoms with Gasteiger partial charge >= 0.3 is 0 Å². The van der Waals surface area contributed by atoms with Crippen molar-refractivity contribution in [2.24, 2.45) is 0 Å². The number of para-hydroxylation sites is 1. The molecule has 124 valence electrons. The molecule has 2 aliphatic heterocycles. The molecule has 1 saturated heterocycles. The second-order valence-electron chi connectivity index (χ2n) is 5.61. The first-order valence-corrected chi connectivity index (χ1v) is 8.68. The molecule has 0 spiro atoms. The maximum atomic E-state index is 13.0. The highest BCUT2D eigenvalue weighted by atomic mass is 32.2. The molecule has 0 atom stereocenters. The first kappa shape index (κ1) is 15.9. The van der Waals surface area contributed by atoms with E-state index >= 15 is 0 Å². The van der Waals surface area contributed by atoms with E-state index in [0.29, 0.717) is 20.5 Å². The Morgan fingerprint density at radius 2 is 1.68 bits per heavy atom. The summed E-state index contributed by atoms with van der Waals surface area (Å²) in [6.07, 6.45) is 0. The predicted octanol–water partition coefficient (Wildman–Crippen LogP) is 3.14. The van der Waals surface area contributed by atoms with Crippen LogP contribution in [-0.4, -0.2) is 28.3 Å². The molecule has 0 unspecified atom stereocenters. The van der Waals surface area contributed by atoms with E-state index in [0.717, 1.165) is 23.0 Å². The monoisotopic (exact) mass is 368 g/mol. The van der Waals surface area contributed by atoms with Crippen molar-refractivity contribution in [3.05, 3.63) is 59.0 Å². The molecule has 2 aromatic carbocycles. The quantitative estimate of drug-likeness (QED) is 0.619. The summed E-state index contributed by atoms with van der Waals surface area (Å²) in [4.78, 5) is 28.9. The molecular weight excluding hydrogens is 356 g/mol. The van der Waals surface area contributed by atoms with Crippen LogP contribution < -0.4 is 9.80 Å². The number of hydrogen-bond donors (Lipinski definition) is 1. The van der Waals surface area contributed by atoms with Gasteiger partial charge in [-0.15, -0.1) is 0 Å². The SMILES string of the molecule is CN1C(=O)C(=C2SC(=S)N(c3ccc(O)cc3)C2=O)c2ccccc21. The smallest absolute Gasteiger partial charge is 0.271 e. The summed E-state index contributed by atoms with van der Waals surface area (Å²) in [6.45, 7) is 0. The number of benzene rings is 2. The number of hydrogen-bond acceptors (Lipinski definition) is 5. The van der Waals surface area contributed by atoms with E-state index in [4.69, 9.17) is 12.2 Å². The van der Waals surface area contributed by atoms with Gasteiger partial charge in [-0.05, 0) is 30.3 Å². The van der Waals surface area contributed by atoms with E-state index in [1.54, 1.807) is 19.2 Å². The van der Waals surface area contributed by atoms with E-state index in [9.17, 15) is 14.7 Å². The molecule has 7 heteroatoms. The van der Waals surface area contributed by atoms with Gasteiger partial charge in [0.2, 0.25) is 0 Å². The minimum Gasteiger partial charge on any atom is -0.508 e. The number of carbonyl (C=O) groups excluding carboxylic acids is 2. The van der Waals surface area contributed by atoms with Crippen LogP contribution in [0.4, 0.5) is 11.4 Å². The van der Waals surface area contributed by atoms with Crippen molar-refractivity contribution in [3.8, 4) is 5.75 Å². The van der Waals surface area contributed by atoms with Crippen LogP contribution in [0.15, 0.2) is 53.4 Å². The standard InChI is InChI=1S/C18H12N2O3S2/c1-19-13-5-3-2-4-12(13)14(16(19)22)15-17(23)20(18(24)25-15)10-6-8-11(21)9-7-10/h2-9,21H,1H3. The van der Waals surface area contributed by atoms with Crippen molar-refractivity contribution in [2.45, 2.75) is 0 Å². The second-order valence-corrected chi connectivity index (χ2v) is 7.25. The number of phenols is 1. The molecule has 2 aliphatic rings. The molecule has 4 rings (SSSR count). The Hall–Kier alpha value is -2.64. The van der Waals surface area contributed by atoms with E-state index in [-0.39, 0.29) is 17.6 Å². The number of thioether (sulfide) groups is 1. The Kier molecular flexibility index (Phi) is 3.63. The fourth-order valence-electron chi connectivity index (χ4n) is 2.93. The highest BCUT2D eigenvalue weighted by Crippen LogP contribution is 2.45. The molecule has 0 aromatic heterocycles. The lowest BCUT2D eigenvalue weighted by Crippen LogP contribution is -2.28. The largest absolute Gasteiger partial charge is 0.508 e. The molecule has 0 saturated carbocycles. The van der Waals surface area contributed by atoms with Gasteiger partial charge in [-0.2, -0.15) is 0 Å². The summed E-state index contributed by atoms with van der Waals surface area (Å²) >= 11 is 6.48. The van der Waals surface area contributed by atoms with E-state index in [1.165, 1.54) is 21.9 Å². The first-order chi connectivity index (χ1) is 12.0. The number of likely N-dealkylation sites (N-methyl/N-ethyl adjacent to an activating group) is 1. The molecule has 0 aliphatic carbocycles. The summed E-state index contributed by atoms with van der Waals surface area (Å²) < 4.78 is 0.359. The molecule has 2 heterocycles. The van der Waals surface area contributed by atoms with Gasteiger partial charge in [-0.1, -0.05) is 42.2 Å². The number of amides is 2. The highest BCUT2D eigenvalue weighted by Gasteiger charge is 2.41. The maximum absolute atomic E-state index is 13.0. The van der Waals surface area contributed by atoms with Crippen molar-refractivity contribution in [1.82, 2.24) is 0 Å². The molecule has 1 fully saturated rings. The molecule has 5 nitrogen and oxygen atoms in total. The molecule has 1 N–H and O–H groups in total. The van der Waals surface area contributed by atoms with Gasteiger partial charge < -0.3 is 10.0 Å². The van der Waals surface area contributed by atoms with Crippen molar-refractivity contribution < 1.29 is 14.7 Å². The molecule has 2 amide bonds. The number of fused-ring (bicyclic) bond motifs is 1. The van der Waals surface area contributed by atoms with Crippen molar-refractivity contribution in [1.29, 1.82) is 0 Å². The van der Waals surface area contributed by atoms with Gasteiger partial charge in [0.05, 0.1) is 21.9 Å². The lowest BCUT2D eigenvalue weighted by molar-refractivity contribution is -0.115. The average molecular weight is 368 g/mol. The van der Waals surface area contributed by atoms with Crippen LogP contribution in [0.3, 0.4) is 0 Å². The van der Waals surface area contributed by atoms with Gasteiger partial charge in [-0.25, -0.2) is 0 Å². The predicted molar refractivity (Wildman–Crippen MR) is 103 cm³/mol. The highest BCUT2D eigenvalue weighted by molar-refractivity contribution is 8.27. The minimum atomic E-state index is -0.325. The van der Waals surface area contributed by atoms with Crippen LogP contribution in [0.25, 0.3) is 5.57 Å². The molecule has 0 radical (unpaired) electrons. The lowest BCUT2D eigenvalue weighted by atomic mass is 10.1. The fourth-order valence-corrected chi connectivity index (χ4v) is 4.30. The molecule has 0 bridgehead atoms. The second kappa shape index (κ2) is 5.72. The molecule has 2 aromatic rings. The van der Waals surface area contributed by atoms with Crippen LogP contribution in [0.5, 0.6) is 5.75 Å². The van der Waals surface area contributed by atoms with E-state index < -0.39 is 0 Å². The van der Waals surface area contributed by atoms with Crippen LogP contribution in [-0.2, 0) is 9.59 Å². The van der Waals surface area contributed by atoms with Gasteiger partial charge in [0.1, 0.15) is 5.75 Å². The van der Waals surface area contributed by atoms with Crippen LogP contribution >= 0.6 is 24.0 Å². The first-order valence-electron chi connectivity index (χ1n) is 7.46. The summed E-state index contributed by atoms with van der Waals surface area (Å²) in [5.74, 6) is -0.435. The van der Waals surface area contributed by atoms with Gasteiger partial charge in [0, 0.05) is 12.6 Å². The van der Waals surface area contributed by atoms with Crippen molar-refractivity contribution in [2.75, 3.05) is 16.8 Å². The lowest BCUT2D eigenvalue weighted by Gasteiger charge is -2.14. The summed E-state index contributed by atoms with van der Waals surface area (Å²) in [5.41, 5.74) is 2.46. The van der Waals surface area contributed by atoms with Gasteiger partial charge in [0.25, 0.3) is 11.8 Å². The average Bonchev–Trinajstić information content (AvgIpc) is 3.03. The zero-order chi connectivity index (χ0) is 17.7. The third-order valence-electron chi connectivity index (χ3n) is 4.16. The number of rotatable bonds is 1. The number of nitrogens with zero attached hydrogens (tertiary/aromatic N) is 2. The normalized spacial score (nSPS) is 19.8. The Bertz CT molecular complexity index is 967. The summed E-state index contributed by atoms with van der Waals surface area (Å²) in [6, 6.07) is 13.6. The zero-order valence-electron chi connectivity index (χ0n) is 13.1. The number of aromatic hydroxyl groups is 1. The number of anilines is 2. The number of carbonyl (C=O) groups is 2. The van der Waals surface area contributed by atoms with Crippen molar-refractivity contribution >= 4 is 57.1 Å². The van der Waals surface area contributed by atoms with E-state index in [2.05, 4.69) is 0 Å². The number of phenolic OH excluding ortho intramolecular Hbond substituents is 1. The summed E-state index contributed by atoms with van der Waals surface area (Å²) in [7, 11) is 1.69. The van der Waals surface area contributed by atoms with Crippen LogP contribution in [0.2, 0.25) is 0 Å². The third kappa shape index (κ3) is 2.35. The molecular formula is C18H12N2O3S2. The fraction of sp³-hybridized carbons (Fsp3) is 0.0556. The van der Waals surface area contributed by atoms with E-state index in [1.807, 2.05) is 24.3 Å². The van der Waals surface area contributed by atoms with Gasteiger partial charge in [0.15, 0.2) is 4.32 Å². The van der Waals surface area contributed by atoms with Crippen molar-refractivity contribution in [3.63, 3.8) is 0 Å². The summed E-state index contributed by atoms with van der Waals surface area (Å²) in [5, 5.41) is 9.43. The van der Waals surface area contributed by atoms with Gasteiger partial charge in [-0.3, -0.25) is 14.5 Å². The minimum absolute atomic E-state index is 0.106. The Morgan fingerprint density at radius 3 is 2.40 bits per heavy atom. The maximum Gasteiger partial charge on any atom is 0.271 e. The number of thiocarbonyl (C=S) groups is 1. The third-order valence-corrected chi connectivity index (χ3v) is 5.53. The topological polar surface area (TPSA) is 60.9 Å².